The average Bonchev–Trinajstić information content (AvgIpc) is 3.41. The molecular formula is C22H30N2O3. The van der Waals surface area contributed by atoms with Crippen molar-refractivity contribution in [2.75, 3.05) is 0 Å². The summed E-state index contributed by atoms with van der Waals surface area (Å²) < 4.78 is 0. The zero-order chi connectivity index (χ0) is 19.4. The van der Waals surface area contributed by atoms with Gasteiger partial charge in [0.05, 0.1) is 0 Å². The van der Waals surface area contributed by atoms with Crippen LogP contribution in [0.2, 0.25) is 0 Å². The van der Waals surface area contributed by atoms with E-state index in [0.717, 1.165) is 38.5 Å². The van der Waals surface area contributed by atoms with Crippen LogP contribution >= 0.6 is 0 Å². The number of hydrogen-bond donors (Lipinski definition) is 2. The molecule has 2 saturated carbocycles. The van der Waals surface area contributed by atoms with Crippen LogP contribution in [0.1, 0.15) is 57.9 Å². The molecule has 2 unspecified atom stereocenters. The molecule has 0 aliphatic heterocycles. The van der Waals surface area contributed by atoms with Crippen molar-refractivity contribution < 1.29 is 14.7 Å². The van der Waals surface area contributed by atoms with Crippen molar-refractivity contribution in [1.29, 1.82) is 0 Å². The number of hydrogen-bond acceptors (Lipinski definition) is 2. The first-order valence-corrected chi connectivity index (χ1v) is 10.0. The summed E-state index contributed by atoms with van der Waals surface area (Å²) in [6.45, 7) is 3.68. The van der Waals surface area contributed by atoms with Crippen LogP contribution in [0.15, 0.2) is 35.9 Å². The standard InChI is InChI=1S/C22H30N2O3/c1-3-17(13-16-7-5-4-6-8-16)20-14-21(20)24(22(26)27)19-11-9-18(10-12-19)23-15(2)25/h4-8,13,18-21H,3,9-12,14H2,1-2H3,(H,23,25)(H,26,27)/b17-13+. The lowest BCUT2D eigenvalue weighted by atomic mass is 9.90. The third-order valence-corrected chi connectivity index (χ3v) is 5.87. The van der Waals surface area contributed by atoms with Crippen LogP contribution in [0.5, 0.6) is 0 Å². The van der Waals surface area contributed by atoms with E-state index in [4.69, 9.17) is 0 Å². The molecular weight excluding hydrogens is 340 g/mol. The maximum absolute atomic E-state index is 12.0. The molecule has 2 atom stereocenters. The summed E-state index contributed by atoms with van der Waals surface area (Å²) in [5, 5.41) is 12.8. The van der Waals surface area contributed by atoms with Gasteiger partial charge in [-0.1, -0.05) is 48.9 Å². The van der Waals surface area contributed by atoms with Crippen molar-refractivity contribution >= 4 is 18.1 Å². The number of carbonyl (C=O) groups is 2. The monoisotopic (exact) mass is 370 g/mol. The van der Waals surface area contributed by atoms with E-state index >= 15 is 0 Å². The molecule has 1 aromatic rings. The molecule has 0 radical (unpaired) electrons. The molecule has 5 nitrogen and oxygen atoms in total. The molecule has 146 valence electrons. The van der Waals surface area contributed by atoms with E-state index in [9.17, 15) is 14.7 Å². The highest BCUT2D eigenvalue weighted by atomic mass is 16.4. The van der Waals surface area contributed by atoms with Gasteiger partial charge in [-0.25, -0.2) is 4.79 Å². The molecule has 3 rings (SSSR count). The number of nitrogens with zero attached hydrogens (tertiary/aromatic N) is 1. The van der Waals surface area contributed by atoms with Crippen molar-refractivity contribution in [1.82, 2.24) is 10.2 Å². The Morgan fingerprint density at radius 2 is 1.85 bits per heavy atom. The van der Waals surface area contributed by atoms with Gasteiger partial charge in [0.2, 0.25) is 5.91 Å². The normalized spacial score (nSPS) is 27.7. The second kappa shape index (κ2) is 8.59. The highest BCUT2D eigenvalue weighted by Crippen LogP contribution is 2.45. The molecule has 2 fully saturated rings. The van der Waals surface area contributed by atoms with Crippen LogP contribution < -0.4 is 5.32 Å². The van der Waals surface area contributed by atoms with E-state index in [1.54, 1.807) is 4.90 Å². The predicted octanol–water partition coefficient (Wildman–Crippen LogP) is 4.30. The van der Waals surface area contributed by atoms with Crippen LogP contribution in [-0.2, 0) is 4.79 Å². The number of benzene rings is 1. The molecule has 0 saturated heterocycles. The van der Waals surface area contributed by atoms with Crippen molar-refractivity contribution in [3.8, 4) is 0 Å². The lowest BCUT2D eigenvalue weighted by molar-refractivity contribution is -0.119. The molecule has 2 N–H and O–H groups in total. The predicted molar refractivity (Wildman–Crippen MR) is 106 cm³/mol. The van der Waals surface area contributed by atoms with Crippen LogP contribution in [0.3, 0.4) is 0 Å². The molecule has 27 heavy (non-hydrogen) atoms. The fourth-order valence-electron chi connectivity index (χ4n) is 4.48. The van der Waals surface area contributed by atoms with Gasteiger partial charge >= 0.3 is 6.09 Å². The van der Waals surface area contributed by atoms with E-state index in [0.29, 0.717) is 5.92 Å². The summed E-state index contributed by atoms with van der Waals surface area (Å²) in [6, 6.07) is 10.6. The summed E-state index contributed by atoms with van der Waals surface area (Å²) in [5.41, 5.74) is 2.52. The Morgan fingerprint density at radius 1 is 1.19 bits per heavy atom. The second-order valence-corrected chi connectivity index (χ2v) is 7.79. The molecule has 0 spiro atoms. The summed E-state index contributed by atoms with van der Waals surface area (Å²) in [4.78, 5) is 24.9. The van der Waals surface area contributed by atoms with Crippen LogP contribution in [0.25, 0.3) is 6.08 Å². The molecule has 0 aromatic heterocycles. The van der Waals surface area contributed by atoms with Crippen LogP contribution in [0.4, 0.5) is 4.79 Å². The van der Waals surface area contributed by atoms with Crippen molar-refractivity contribution in [2.24, 2.45) is 5.92 Å². The zero-order valence-corrected chi connectivity index (χ0v) is 16.2. The van der Waals surface area contributed by atoms with E-state index in [-0.39, 0.29) is 24.0 Å². The summed E-state index contributed by atoms with van der Waals surface area (Å²) in [7, 11) is 0. The molecule has 0 bridgehead atoms. The topological polar surface area (TPSA) is 69.6 Å². The van der Waals surface area contributed by atoms with Crippen LogP contribution in [-0.4, -0.2) is 40.1 Å². The Bertz CT molecular complexity index is 693. The second-order valence-electron chi connectivity index (χ2n) is 7.79. The molecule has 1 aromatic carbocycles. The first-order chi connectivity index (χ1) is 13.0. The summed E-state index contributed by atoms with van der Waals surface area (Å²) >= 11 is 0. The SMILES string of the molecule is CC/C(=C\c1ccccc1)C1CC1N(C(=O)O)C1CCC(NC(C)=O)CC1. The Labute approximate surface area is 161 Å². The molecule has 0 heterocycles. The van der Waals surface area contributed by atoms with Gasteiger partial charge in [0.1, 0.15) is 0 Å². The summed E-state index contributed by atoms with van der Waals surface area (Å²) in [5.74, 6) is 0.328. The van der Waals surface area contributed by atoms with E-state index in [1.807, 2.05) is 18.2 Å². The molecule has 2 amide bonds. The van der Waals surface area contributed by atoms with Gasteiger partial charge in [-0.3, -0.25) is 4.79 Å². The number of nitrogens with one attached hydrogen (secondary N) is 1. The van der Waals surface area contributed by atoms with Gasteiger partial charge in [-0.2, -0.15) is 0 Å². The van der Waals surface area contributed by atoms with Gasteiger partial charge in [0.25, 0.3) is 0 Å². The molecule has 2 aliphatic rings. The fraction of sp³-hybridized carbons (Fsp3) is 0.545. The van der Waals surface area contributed by atoms with E-state index in [1.165, 1.54) is 18.1 Å². The number of amides is 2. The largest absolute Gasteiger partial charge is 0.465 e. The maximum Gasteiger partial charge on any atom is 0.407 e. The van der Waals surface area contributed by atoms with Crippen molar-refractivity contribution in [3.63, 3.8) is 0 Å². The Morgan fingerprint density at radius 3 is 2.41 bits per heavy atom. The average molecular weight is 370 g/mol. The lowest BCUT2D eigenvalue weighted by Gasteiger charge is -2.36. The Kier molecular flexibility index (Phi) is 6.19. The molecule has 5 heteroatoms. The van der Waals surface area contributed by atoms with Crippen molar-refractivity contribution in [3.05, 3.63) is 41.5 Å². The van der Waals surface area contributed by atoms with Crippen molar-refractivity contribution in [2.45, 2.75) is 70.5 Å². The van der Waals surface area contributed by atoms with Crippen LogP contribution in [0, 0.1) is 5.92 Å². The number of rotatable bonds is 6. The Balaban J connectivity index is 1.64. The highest BCUT2D eigenvalue weighted by molar-refractivity contribution is 5.73. The van der Waals surface area contributed by atoms with Gasteiger partial charge in [-0.15, -0.1) is 0 Å². The highest BCUT2D eigenvalue weighted by Gasteiger charge is 2.48. The minimum absolute atomic E-state index is 0.00515. The van der Waals surface area contributed by atoms with Gasteiger partial charge in [0, 0.05) is 31.0 Å². The first-order valence-electron chi connectivity index (χ1n) is 10.0. The van der Waals surface area contributed by atoms with E-state index < -0.39 is 6.09 Å². The maximum atomic E-state index is 12.0. The smallest absolute Gasteiger partial charge is 0.407 e. The fourth-order valence-corrected chi connectivity index (χ4v) is 4.48. The lowest BCUT2D eigenvalue weighted by Crippen LogP contribution is -2.47. The summed E-state index contributed by atoms with van der Waals surface area (Å²) in [6.07, 6.45) is 6.63. The third-order valence-electron chi connectivity index (χ3n) is 5.87. The van der Waals surface area contributed by atoms with E-state index in [2.05, 4.69) is 30.4 Å². The minimum atomic E-state index is -0.805. The quantitative estimate of drug-likeness (QED) is 0.784. The van der Waals surface area contributed by atoms with Gasteiger partial charge in [0.15, 0.2) is 0 Å². The first kappa shape index (κ1) is 19.5. The minimum Gasteiger partial charge on any atom is -0.465 e. The molecule has 2 aliphatic carbocycles. The zero-order valence-electron chi connectivity index (χ0n) is 16.2. The Hall–Kier alpha value is -2.30. The van der Waals surface area contributed by atoms with Gasteiger partial charge < -0.3 is 15.3 Å². The third kappa shape index (κ3) is 4.90. The number of carbonyl (C=O) groups excluding carboxylic acids is 1. The number of carboxylic acid groups (broad SMARTS) is 1. The van der Waals surface area contributed by atoms with Gasteiger partial charge in [-0.05, 0) is 44.1 Å².